The number of ether oxygens (including phenoxy) is 1. The predicted molar refractivity (Wildman–Crippen MR) is 98.5 cm³/mol. The van der Waals surface area contributed by atoms with Crippen molar-refractivity contribution in [3.63, 3.8) is 0 Å². The summed E-state index contributed by atoms with van der Waals surface area (Å²) in [6, 6.07) is 0. The first-order valence-electron chi connectivity index (χ1n) is 9.14. The molecule has 6 heteroatoms. The molecule has 24 heavy (non-hydrogen) atoms. The minimum atomic E-state index is -3.48. The zero-order chi connectivity index (χ0) is 18.6. The highest BCUT2D eigenvalue weighted by atomic mass is 31.2. The molecule has 0 amide bonds. The maximum atomic E-state index is 12.7. The van der Waals surface area contributed by atoms with Crippen molar-refractivity contribution in [2.75, 3.05) is 14.2 Å². The first-order valence-corrected chi connectivity index (χ1v) is 10.8. The Morgan fingerprint density at radius 3 is 1.79 bits per heavy atom. The van der Waals surface area contributed by atoms with Crippen molar-refractivity contribution in [2.24, 2.45) is 0 Å². The Morgan fingerprint density at radius 2 is 1.38 bits per heavy atom. The third kappa shape index (κ3) is 9.80. The zero-order valence-electron chi connectivity index (χ0n) is 16.4. The van der Waals surface area contributed by atoms with Gasteiger partial charge in [0.2, 0.25) is 0 Å². The van der Waals surface area contributed by atoms with E-state index in [0.717, 1.165) is 19.3 Å². The van der Waals surface area contributed by atoms with Crippen molar-refractivity contribution in [3.05, 3.63) is 0 Å². The average molecular weight is 364 g/mol. The fourth-order valence-electron chi connectivity index (χ4n) is 2.58. The molecule has 144 valence electrons. The summed E-state index contributed by atoms with van der Waals surface area (Å²) in [6.45, 7) is 7.59. The monoisotopic (exact) mass is 364 g/mol. The van der Waals surface area contributed by atoms with Crippen LogP contribution in [-0.4, -0.2) is 31.4 Å². The van der Waals surface area contributed by atoms with Crippen LogP contribution in [-0.2, 0) is 23.1 Å². The first-order chi connectivity index (χ1) is 11.2. The van der Waals surface area contributed by atoms with Gasteiger partial charge in [0.1, 0.15) is 5.60 Å². The van der Waals surface area contributed by atoms with Gasteiger partial charge in [0.05, 0.1) is 0 Å². The quantitative estimate of drug-likeness (QED) is 0.238. The van der Waals surface area contributed by atoms with Gasteiger partial charge in [-0.15, -0.1) is 0 Å². The molecule has 0 bridgehead atoms. The molecule has 0 aromatic heterocycles. The summed E-state index contributed by atoms with van der Waals surface area (Å²) in [6.07, 6.45) is 9.73. The van der Waals surface area contributed by atoms with Crippen LogP contribution >= 0.6 is 7.60 Å². The lowest BCUT2D eigenvalue weighted by molar-refractivity contribution is -0.154. The van der Waals surface area contributed by atoms with Gasteiger partial charge in [-0.05, 0) is 27.2 Å². The highest BCUT2D eigenvalue weighted by molar-refractivity contribution is 7.55. The van der Waals surface area contributed by atoms with Crippen molar-refractivity contribution < 1.29 is 23.1 Å². The molecule has 0 radical (unpaired) electrons. The summed E-state index contributed by atoms with van der Waals surface area (Å²) >= 11 is 0. The van der Waals surface area contributed by atoms with Crippen LogP contribution in [0.15, 0.2) is 0 Å². The van der Waals surface area contributed by atoms with Crippen LogP contribution in [0.25, 0.3) is 0 Å². The Hall–Kier alpha value is -0.380. The second kappa shape index (κ2) is 12.1. The molecule has 1 unspecified atom stereocenters. The molecule has 0 aliphatic heterocycles. The van der Waals surface area contributed by atoms with E-state index < -0.39 is 24.8 Å². The maximum Gasteiger partial charge on any atom is 0.344 e. The Labute approximate surface area is 148 Å². The predicted octanol–water partition coefficient (Wildman–Crippen LogP) is 5.71. The second-order valence-electron chi connectivity index (χ2n) is 7.22. The summed E-state index contributed by atoms with van der Waals surface area (Å²) in [5.41, 5.74) is -1.48. The van der Waals surface area contributed by atoms with Gasteiger partial charge in [-0.25, -0.2) is 0 Å². The van der Waals surface area contributed by atoms with E-state index in [0.29, 0.717) is 6.42 Å². The Morgan fingerprint density at radius 1 is 0.917 bits per heavy atom. The minimum absolute atomic E-state index is 0.461. The van der Waals surface area contributed by atoms with E-state index in [-0.39, 0.29) is 0 Å². The van der Waals surface area contributed by atoms with Gasteiger partial charge in [-0.2, -0.15) is 0 Å². The molecule has 0 aliphatic rings. The molecule has 0 saturated heterocycles. The number of unbranched alkanes of at least 4 members (excludes halogenated alkanes) is 7. The lowest BCUT2D eigenvalue weighted by Gasteiger charge is -2.27. The van der Waals surface area contributed by atoms with Gasteiger partial charge in [-0.1, -0.05) is 58.3 Å². The Kier molecular flexibility index (Phi) is 11.9. The topological polar surface area (TPSA) is 61.8 Å². The lowest BCUT2D eigenvalue weighted by Crippen LogP contribution is -2.32. The van der Waals surface area contributed by atoms with Crippen LogP contribution < -0.4 is 0 Å². The van der Waals surface area contributed by atoms with Crippen molar-refractivity contribution in [1.82, 2.24) is 0 Å². The molecule has 0 aliphatic carbocycles. The molecule has 5 nitrogen and oxygen atoms in total. The van der Waals surface area contributed by atoms with Gasteiger partial charge in [-0.3, -0.25) is 9.36 Å². The summed E-state index contributed by atoms with van der Waals surface area (Å²) in [7, 11) is -0.849. The van der Waals surface area contributed by atoms with E-state index in [2.05, 4.69) is 6.92 Å². The molecule has 0 aromatic carbocycles. The van der Waals surface area contributed by atoms with Crippen LogP contribution in [0.4, 0.5) is 0 Å². The fraction of sp³-hybridized carbons (Fsp3) is 0.944. The third-order valence-electron chi connectivity index (χ3n) is 3.90. The second-order valence-corrected chi connectivity index (χ2v) is 9.65. The summed E-state index contributed by atoms with van der Waals surface area (Å²) in [5.74, 6) is -0.502. The number of carbonyl (C=O) groups is 1. The number of esters is 1. The normalized spacial score (nSPS) is 13.8. The van der Waals surface area contributed by atoms with Crippen LogP contribution in [0.1, 0.15) is 85.5 Å². The molecule has 1 atom stereocenters. The van der Waals surface area contributed by atoms with Gasteiger partial charge in [0.15, 0.2) is 5.66 Å². The smallest absolute Gasteiger partial charge is 0.344 e. The average Bonchev–Trinajstić information content (AvgIpc) is 2.51. The van der Waals surface area contributed by atoms with E-state index in [1.807, 2.05) is 0 Å². The number of carbonyl (C=O) groups excluding carboxylic acids is 1. The number of hydrogen-bond acceptors (Lipinski definition) is 5. The molecule has 0 saturated carbocycles. The van der Waals surface area contributed by atoms with Crippen LogP contribution in [0.3, 0.4) is 0 Å². The largest absolute Gasteiger partial charge is 0.459 e. The highest BCUT2D eigenvalue weighted by Gasteiger charge is 2.41. The van der Waals surface area contributed by atoms with Crippen molar-refractivity contribution >= 4 is 13.6 Å². The van der Waals surface area contributed by atoms with Crippen LogP contribution in [0.2, 0.25) is 0 Å². The molecule has 0 fully saturated rings. The summed E-state index contributed by atoms with van der Waals surface area (Å²) in [5, 5.41) is 0. The van der Waals surface area contributed by atoms with Gasteiger partial charge >= 0.3 is 13.6 Å². The zero-order valence-corrected chi connectivity index (χ0v) is 17.3. The van der Waals surface area contributed by atoms with Crippen molar-refractivity contribution in [2.45, 2.75) is 96.7 Å². The van der Waals surface area contributed by atoms with E-state index in [4.69, 9.17) is 13.8 Å². The molecule has 0 heterocycles. The van der Waals surface area contributed by atoms with Crippen LogP contribution in [0.5, 0.6) is 0 Å². The first kappa shape index (κ1) is 23.6. The molecule has 0 N–H and O–H groups in total. The fourth-order valence-corrected chi connectivity index (χ4v) is 4.04. The highest BCUT2D eigenvalue weighted by Crippen LogP contribution is 2.54. The molecule has 0 rings (SSSR count). The molecular formula is C18H37O5P. The maximum absolute atomic E-state index is 12.7. The van der Waals surface area contributed by atoms with E-state index in [1.54, 1.807) is 20.8 Å². The van der Waals surface area contributed by atoms with Crippen molar-refractivity contribution in [1.29, 1.82) is 0 Å². The van der Waals surface area contributed by atoms with Gasteiger partial charge in [0, 0.05) is 14.2 Å². The standard InChI is InChI=1S/C18H37O5P/c1-7-8-9-10-11-12-13-14-15-16(24(20,21-5)22-6)17(19)23-18(2,3)4/h16H,7-15H2,1-6H3. The summed E-state index contributed by atoms with van der Waals surface area (Å²) < 4.78 is 28.2. The molecular weight excluding hydrogens is 327 g/mol. The summed E-state index contributed by atoms with van der Waals surface area (Å²) in [4.78, 5) is 12.4. The van der Waals surface area contributed by atoms with Gasteiger partial charge in [0.25, 0.3) is 0 Å². The molecule has 0 aromatic rings. The SMILES string of the molecule is CCCCCCCCCCC(C(=O)OC(C)(C)C)P(=O)(OC)OC. The van der Waals surface area contributed by atoms with E-state index in [9.17, 15) is 9.36 Å². The van der Waals surface area contributed by atoms with Crippen molar-refractivity contribution in [3.8, 4) is 0 Å². The Bertz CT molecular complexity index is 381. The number of rotatable bonds is 13. The Balaban J connectivity index is 4.47. The lowest BCUT2D eigenvalue weighted by atomic mass is 10.1. The molecule has 0 spiro atoms. The minimum Gasteiger partial charge on any atom is -0.459 e. The third-order valence-corrected chi connectivity index (χ3v) is 6.15. The van der Waals surface area contributed by atoms with E-state index in [1.165, 1.54) is 46.3 Å². The number of hydrogen-bond donors (Lipinski definition) is 0. The van der Waals surface area contributed by atoms with E-state index >= 15 is 0 Å². The van der Waals surface area contributed by atoms with Crippen LogP contribution in [0, 0.1) is 0 Å². The van der Waals surface area contributed by atoms with Gasteiger partial charge < -0.3 is 13.8 Å².